The number of benzene rings is 1. The number of nitriles is 1. The van der Waals surface area contributed by atoms with E-state index in [1.165, 1.54) is 6.07 Å². The largest absolute Gasteiger partial charge is 0.417 e. The van der Waals surface area contributed by atoms with E-state index in [1.807, 2.05) is 0 Å². The molecule has 154 valence electrons. The van der Waals surface area contributed by atoms with Gasteiger partial charge in [0.25, 0.3) is 5.91 Å². The average Bonchev–Trinajstić information content (AvgIpc) is 2.84. The van der Waals surface area contributed by atoms with Crippen LogP contribution in [0.3, 0.4) is 0 Å². The van der Waals surface area contributed by atoms with Crippen LogP contribution in [0.2, 0.25) is 0 Å². The van der Waals surface area contributed by atoms with E-state index < -0.39 is 29.6 Å². The minimum Gasteiger partial charge on any atom is -0.344 e. The van der Waals surface area contributed by atoms with Gasteiger partial charge in [0.1, 0.15) is 6.23 Å². The molecule has 0 aliphatic carbocycles. The molecule has 10 heteroatoms. The van der Waals surface area contributed by atoms with Crippen LogP contribution < -0.4 is 10.2 Å². The number of anilines is 1. The predicted molar refractivity (Wildman–Crippen MR) is 99.2 cm³/mol. The van der Waals surface area contributed by atoms with E-state index in [2.05, 4.69) is 5.32 Å². The molecule has 1 aromatic rings. The number of nitrogens with one attached hydrogen (secondary N) is 1. The zero-order chi connectivity index (χ0) is 19.6. The number of alkyl halides is 3. The molecule has 2 saturated heterocycles. The van der Waals surface area contributed by atoms with Crippen molar-refractivity contribution in [1.29, 1.82) is 5.26 Å². The molecule has 0 aromatic heterocycles. The van der Waals surface area contributed by atoms with Crippen LogP contribution in [-0.4, -0.2) is 55.9 Å². The third-order valence-corrected chi connectivity index (χ3v) is 4.85. The number of halogens is 4. The summed E-state index contributed by atoms with van der Waals surface area (Å²) in [7, 11) is 0. The smallest absolute Gasteiger partial charge is 0.344 e. The Morgan fingerprint density at radius 3 is 2.75 bits per heavy atom. The fraction of sp³-hybridized carbons (Fsp3) is 0.556. The minimum absolute atomic E-state index is 0. The topological polar surface area (TPSA) is 68.6 Å². The molecule has 0 radical (unpaired) electrons. The van der Waals surface area contributed by atoms with E-state index >= 15 is 0 Å². The van der Waals surface area contributed by atoms with Crippen molar-refractivity contribution in [2.45, 2.75) is 31.9 Å². The number of nitrogens with zero attached hydrogens (tertiary/aromatic N) is 3. The second-order valence-electron chi connectivity index (χ2n) is 6.64. The number of amides is 1. The Balaban J connectivity index is 0.00000280. The third kappa shape index (κ3) is 4.69. The SMILES string of the molecule is C[C@H]1O[C@H](C(=O)N2CCCNCC2)CN1c1ccc(C#N)c(C(F)(F)F)c1.Cl. The van der Waals surface area contributed by atoms with Crippen LogP contribution in [0.25, 0.3) is 0 Å². The zero-order valence-electron chi connectivity index (χ0n) is 15.3. The summed E-state index contributed by atoms with van der Waals surface area (Å²) in [6.07, 6.45) is -5.04. The molecule has 0 spiro atoms. The maximum absolute atomic E-state index is 13.2. The van der Waals surface area contributed by atoms with E-state index in [9.17, 15) is 18.0 Å². The number of rotatable bonds is 2. The summed E-state index contributed by atoms with van der Waals surface area (Å²) in [5, 5.41) is 12.1. The zero-order valence-corrected chi connectivity index (χ0v) is 16.1. The van der Waals surface area contributed by atoms with Crippen molar-refractivity contribution in [2.24, 2.45) is 0 Å². The normalized spacial score (nSPS) is 23.0. The molecule has 2 aliphatic rings. The molecule has 2 heterocycles. The maximum Gasteiger partial charge on any atom is 0.417 e. The van der Waals surface area contributed by atoms with Crippen molar-refractivity contribution >= 4 is 24.0 Å². The van der Waals surface area contributed by atoms with Crippen LogP contribution in [0.1, 0.15) is 24.5 Å². The van der Waals surface area contributed by atoms with Gasteiger partial charge in [0.05, 0.1) is 23.7 Å². The van der Waals surface area contributed by atoms with E-state index in [0.717, 1.165) is 25.1 Å². The van der Waals surface area contributed by atoms with Crippen LogP contribution in [0.4, 0.5) is 18.9 Å². The second kappa shape index (κ2) is 8.99. The number of carbonyl (C=O) groups excluding carboxylic acids is 1. The number of carbonyl (C=O) groups is 1. The first-order chi connectivity index (χ1) is 12.8. The maximum atomic E-state index is 13.2. The summed E-state index contributed by atoms with van der Waals surface area (Å²) in [6, 6.07) is 5.12. The second-order valence-corrected chi connectivity index (χ2v) is 6.64. The van der Waals surface area contributed by atoms with Gasteiger partial charge in [-0.3, -0.25) is 4.79 Å². The Bertz CT molecular complexity index is 745. The summed E-state index contributed by atoms with van der Waals surface area (Å²) < 4.78 is 45.4. The van der Waals surface area contributed by atoms with E-state index in [0.29, 0.717) is 19.6 Å². The highest BCUT2D eigenvalue weighted by molar-refractivity contribution is 5.85. The van der Waals surface area contributed by atoms with Gasteiger partial charge in [0.2, 0.25) is 0 Å². The Labute approximate surface area is 167 Å². The summed E-state index contributed by atoms with van der Waals surface area (Å²) in [4.78, 5) is 16.1. The van der Waals surface area contributed by atoms with Crippen molar-refractivity contribution in [3.05, 3.63) is 29.3 Å². The first-order valence-corrected chi connectivity index (χ1v) is 8.84. The summed E-state index contributed by atoms with van der Waals surface area (Å²) in [6.45, 7) is 4.65. The Kier molecular flexibility index (Phi) is 7.15. The molecule has 2 aliphatic heterocycles. The van der Waals surface area contributed by atoms with Crippen molar-refractivity contribution in [3.63, 3.8) is 0 Å². The van der Waals surface area contributed by atoms with Crippen molar-refractivity contribution in [1.82, 2.24) is 10.2 Å². The van der Waals surface area contributed by atoms with Crippen molar-refractivity contribution in [2.75, 3.05) is 37.6 Å². The minimum atomic E-state index is -4.63. The lowest BCUT2D eigenvalue weighted by Gasteiger charge is -2.23. The van der Waals surface area contributed by atoms with Crippen LogP contribution in [0, 0.1) is 11.3 Å². The Morgan fingerprint density at radius 2 is 2.07 bits per heavy atom. The monoisotopic (exact) mass is 418 g/mol. The molecule has 1 aromatic carbocycles. The summed E-state index contributed by atoms with van der Waals surface area (Å²) in [5.41, 5.74) is -1.13. The molecular formula is C18H22ClF3N4O2. The van der Waals surface area contributed by atoms with Gasteiger partial charge in [0, 0.05) is 25.3 Å². The third-order valence-electron chi connectivity index (χ3n) is 4.85. The van der Waals surface area contributed by atoms with E-state index in [-0.39, 0.29) is 30.5 Å². The lowest BCUT2D eigenvalue weighted by Crippen LogP contribution is -2.42. The van der Waals surface area contributed by atoms with Crippen LogP contribution in [-0.2, 0) is 15.7 Å². The number of hydrogen-bond donors (Lipinski definition) is 1. The van der Waals surface area contributed by atoms with Gasteiger partial charge in [-0.25, -0.2) is 0 Å². The number of hydrogen-bond acceptors (Lipinski definition) is 5. The molecule has 1 amide bonds. The van der Waals surface area contributed by atoms with Gasteiger partial charge in [-0.05, 0) is 38.1 Å². The lowest BCUT2D eigenvalue weighted by atomic mass is 10.1. The molecule has 2 atom stereocenters. The van der Waals surface area contributed by atoms with E-state index in [1.54, 1.807) is 22.8 Å². The summed E-state index contributed by atoms with van der Waals surface area (Å²) in [5.74, 6) is -0.141. The lowest BCUT2D eigenvalue weighted by molar-refractivity contribution is -0.141. The molecule has 28 heavy (non-hydrogen) atoms. The van der Waals surface area contributed by atoms with Gasteiger partial charge < -0.3 is 19.9 Å². The van der Waals surface area contributed by atoms with Crippen LogP contribution in [0.5, 0.6) is 0 Å². The molecular weight excluding hydrogens is 397 g/mol. The van der Waals surface area contributed by atoms with Gasteiger partial charge in [-0.15, -0.1) is 12.4 Å². The van der Waals surface area contributed by atoms with E-state index in [4.69, 9.17) is 10.00 Å². The van der Waals surface area contributed by atoms with Gasteiger partial charge in [-0.2, -0.15) is 18.4 Å². The molecule has 0 unspecified atom stereocenters. The average molecular weight is 419 g/mol. The van der Waals surface area contributed by atoms with Crippen LogP contribution >= 0.6 is 12.4 Å². The molecule has 3 rings (SSSR count). The molecule has 0 saturated carbocycles. The van der Waals surface area contributed by atoms with Crippen LogP contribution in [0.15, 0.2) is 18.2 Å². The van der Waals surface area contributed by atoms with Gasteiger partial charge in [-0.1, -0.05) is 0 Å². The highest BCUT2D eigenvalue weighted by atomic mass is 35.5. The van der Waals surface area contributed by atoms with Crippen molar-refractivity contribution < 1.29 is 22.7 Å². The Morgan fingerprint density at radius 1 is 1.32 bits per heavy atom. The fourth-order valence-corrected chi connectivity index (χ4v) is 3.45. The Hall–Kier alpha value is -2.02. The molecule has 0 bridgehead atoms. The summed E-state index contributed by atoms with van der Waals surface area (Å²) >= 11 is 0. The standard InChI is InChI=1S/C18H21F3N4O2.ClH/c1-12-25(14-4-3-13(10-22)15(9-14)18(19,20)21)11-16(27-12)17(26)24-7-2-5-23-6-8-24;/h3-4,9,12,16,23H,2,5-8,11H2,1H3;1H/t12-,16+;/m1./s1. The van der Waals surface area contributed by atoms with Crippen molar-refractivity contribution in [3.8, 4) is 6.07 Å². The molecule has 2 fully saturated rings. The highest BCUT2D eigenvalue weighted by Gasteiger charge is 2.39. The molecule has 6 nitrogen and oxygen atoms in total. The van der Waals surface area contributed by atoms with Gasteiger partial charge in [0.15, 0.2) is 6.10 Å². The highest BCUT2D eigenvalue weighted by Crippen LogP contribution is 2.36. The first-order valence-electron chi connectivity index (χ1n) is 8.84. The fourth-order valence-electron chi connectivity index (χ4n) is 3.45. The number of ether oxygens (including phenoxy) is 1. The molecule has 1 N–H and O–H groups in total. The first kappa shape index (κ1) is 22.3. The van der Waals surface area contributed by atoms with Gasteiger partial charge >= 0.3 is 6.18 Å². The quantitative estimate of drug-likeness (QED) is 0.798. The predicted octanol–water partition coefficient (Wildman–Crippen LogP) is 2.37.